The molecule has 1 aliphatic heterocycles. The Labute approximate surface area is 187 Å². The van der Waals surface area contributed by atoms with Gasteiger partial charge in [0.2, 0.25) is 0 Å². The molecule has 1 aliphatic carbocycles. The lowest BCUT2D eigenvalue weighted by Crippen LogP contribution is -2.50. The Kier molecular flexibility index (Phi) is 5.64. The second kappa shape index (κ2) is 8.73. The van der Waals surface area contributed by atoms with Crippen LogP contribution in [0.15, 0.2) is 53.2 Å². The molecule has 2 aliphatic rings. The summed E-state index contributed by atoms with van der Waals surface area (Å²) in [6.07, 6.45) is 7.03. The van der Waals surface area contributed by atoms with Crippen molar-refractivity contribution in [2.75, 3.05) is 19.7 Å². The van der Waals surface area contributed by atoms with E-state index in [0.29, 0.717) is 29.9 Å². The monoisotopic (exact) mass is 432 g/mol. The van der Waals surface area contributed by atoms with Crippen LogP contribution in [0, 0.1) is 12.8 Å². The van der Waals surface area contributed by atoms with Gasteiger partial charge in [-0.2, -0.15) is 4.98 Å². The van der Waals surface area contributed by atoms with Gasteiger partial charge in [-0.15, -0.1) is 0 Å². The Morgan fingerprint density at radius 1 is 1.25 bits per heavy atom. The highest BCUT2D eigenvalue weighted by atomic mass is 16.5. The third kappa shape index (κ3) is 4.52. The maximum absolute atomic E-state index is 13.0. The van der Waals surface area contributed by atoms with Crippen molar-refractivity contribution < 1.29 is 14.1 Å². The summed E-state index contributed by atoms with van der Waals surface area (Å²) in [7, 11) is 0. The van der Waals surface area contributed by atoms with Gasteiger partial charge in [0.25, 0.3) is 11.8 Å². The molecule has 0 bridgehead atoms. The Morgan fingerprint density at radius 3 is 2.94 bits per heavy atom. The predicted molar refractivity (Wildman–Crippen MR) is 119 cm³/mol. The van der Waals surface area contributed by atoms with E-state index in [2.05, 4.69) is 10.1 Å². The molecule has 1 amide bonds. The third-order valence-corrected chi connectivity index (χ3v) is 6.44. The fraction of sp³-hybridized carbons (Fsp3) is 0.440. The number of aryl methyl sites for hydroxylation is 1. The van der Waals surface area contributed by atoms with Crippen LogP contribution in [-0.4, -0.2) is 45.6 Å². The average Bonchev–Trinajstić information content (AvgIpc) is 3.48. The average molecular weight is 433 g/mol. The zero-order valence-corrected chi connectivity index (χ0v) is 18.4. The van der Waals surface area contributed by atoms with E-state index in [1.54, 1.807) is 6.20 Å². The summed E-state index contributed by atoms with van der Waals surface area (Å²) >= 11 is 0. The molecule has 3 aromatic rings. The van der Waals surface area contributed by atoms with Gasteiger partial charge in [0.15, 0.2) is 12.4 Å². The summed E-state index contributed by atoms with van der Waals surface area (Å²) in [5.74, 6) is 2.52. The molecular weight excluding hydrogens is 404 g/mol. The van der Waals surface area contributed by atoms with Crippen LogP contribution in [0.5, 0.6) is 5.75 Å². The number of carbonyl (C=O) groups excluding carboxylic acids is 1. The summed E-state index contributed by atoms with van der Waals surface area (Å²) in [6.45, 7) is 3.37. The Bertz CT molecular complexity index is 1080. The van der Waals surface area contributed by atoms with Crippen molar-refractivity contribution in [1.82, 2.24) is 20.0 Å². The van der Waals surface area contributed by atoms with Crippen LogP contribution in [0.4, 0.5) is 0 Å². The molecule has 2 fully saturated rings. The van der Waals surface area contributed by atoms with E-state index < -0.39 is 0 Å². The number of piperidine rings is 1. The topological polar surface area (TPSA) is 81.4 Å². The smallest absolute Gasteiger partial charge is 0.276 e. The quantitative estimate of drug-likeness (QED) is 0.557. The number of rotatable bonds is 7. The number of hydrogen-bond donors (Lipinski definition) is 0. The number of pyridine rings is 1. The fourth-order valence-corrected chi connectivity index (χ4v) is 4.63. The maximum Gasteiger partial charge on any atom is 0.276 e. The first-order valence-electron chi connectivity index (χ1n) is 11.3. The van der Waals surface area contributed by atoms with Crippen LogP contribution >= 0.6 is 0 Å². The van der Waals surface area contributed by atoms with Gasteiger partial charge in [-0.25, -0.2) is 0 Å². The molecule has 1 atom stereocenters. The summed E-state index contributed by atoms with van der Waals surface area (Å²) in [6, 6.07) is 13.4. The van der Waals surface area contributed by atoms with Crippen LogP contribution in [-0.2, 0) is 10.2 Å². The van der Waals surface area contributed by atoms with Gasteiger partial charge in [0.1, 0.15) is 11.4 Å². The first-order chi connectivity index (χ1) is 15.6. The van der Waals surface area contributed by atoms with Crippen LogP contribution in [0.25, 0.3) is 11.6 Å². The van der Waals surface area contributed by atoms with Crippen molar-refractivity contribution in [3.63, 3.8) is 0 Å². The molecule has 1 aromatic carbocycles. The van der Waals surface area contributed by atoms with E-state index in [1.807, 2.05) is 54.3 Å². The first kappa shape index (κ1) is 20.7. The summed E-state index contributed by atoms with van der Waals surface area (Å²) < 4.78 is 11.4. The molecule has 0 N–H and O–H groups in total. The number of ether oxygens (including phenoxy) is 1. The van der Waals surface area contributed by atoms with Crippen molar-refractivity contribution in [1.29, 1.82) is 0 Å². The van der Waals surface area contributed by atoms with Crippen LogP contribution in [0.2, 0.25) is 0 Å². The van der Waals surface area contributed by atoms with E-state index in [9.17, 15) is 4.79 Å². The molecule has 32 heavy (non-hydrogen) atoms. The van der Waals surface area contributed by atoms with Crippen LogP contribution in [0.1, 0.15) is 43.5 Å². The van der Waals surface area contributed by atoms with Crippen molar-refractivity contribution >= 4 is 5.91 Å². The molecule has 0 spiro atoms. The highest BCUT2D eigenvalue weighted by Crippen LogP contribution is 2.45. The lowest BCUT2D eigenvalue weighted by atomic mass is 9.75. The van der Waals surface area contributed by atoms with Gasteiger partial charge < -0.3 is 14.2 Å². The number of carbonyl (C=O) groups is 1. The molecular formula is C25H28N4O3. The highest BCUT2D eigenvalue weighted by molar-refractivity contribution is 5.78. The van der Waals surface area contributed by atoms with Crippen LogP contribution in [0.3, 0.4) is 0 Å². The second-order valence-electron chi connectivity index (χ2n) is 9.09. The van der Waals surface area contributed by atoms with Gasteiger partial charge in [-0.05, 0) is 61.9 Å². The van der Waals surface area contributed by atoms with Gasteiger partial charge in [-0.3, -0.25) is 9.78 Å². The van der Waals surface area contributed by atoms with E-state index in [-0.39, 0.29) is 17.9 Å². The number of amides is 1. The lowest BCUT2D eigenvalue weighted by Gasteiger charge is -2.41. The fourth-order valence-electron chi connectivity index (χ4n) is 4.63. The van der Waals surface area contributed by atoms with E-state index in [1.165, 1.54) is 12.8 Å². The Hall–Kier alpha value is -3.22. The SMILES string of the molecule is Cc1cccc(OCC(=O)N2CCCC(CC3CC3)(c3noc(-c4ccccn4)n3)C2)c1. The number of likely N-dealkylation sites (tertiary alicyclic amines) is 1. The summed E-state index contributed by atoms with van der Waals surface area (Å²) in [5.41, 5.74) is 1.50. The standard InChI is InChI=1S/C25H28N4O3/c1-18-6-4-7-20(14-18)31-16-22(30)29-13-5-11-25(17-29,15-19-9-10-19)24-27-23(32-28-24)21-8-2-3-12-26-21/h2-4,6-8,12,14,19H,5,9-11,13,15-17H2,1H3. The van der Waals surface area contributed by atoms with Gasteiger partial charge in [-0.1, -0.05) is 36.2 Å². The molecule has 7 nitrogen and oxygen atoms in total. The largest absolute Gasteiger partial charge is 0.484 e. The zero-order chi connectivity index (χ0) is 22.0. The summed E-state index contributed by atoms with van der Waals surface area (Å²) in [4.78, 5) is 24.0. The lowest BCUT2D eigenvalue weighted by molar-refractivity contribution is -0.135. The number of aromatic nitrogens is 3. The van der Waals surface area contributed by atoms with Gasteiger partial charge in [0, 0.05) is 19.3 Å². The molecule has 7 heteroatoms. The normalized spacial score (nSPS) is 20.8. The minimum Gasteiger partial charge on any atom is -0.484 e. The number of nitrogens with zero attached hydrogens (tertiary/aromatic N) is 4. The molecule has 1 saturated heterocycles. The van der Waals surface area contributed by atoms with Crippen molar-refractivity contribution in [3.8, 4) is 17.3 Å². The number of hydrogen-bond acceptors (Lipinski definition) is 6. The molecule has 3 heterocycles. The van der Waals surface area contributed by atoms with Crippen molar-refractivity contribution in [2.24, 2.45) is 5.92 Å². The van der Waals surface area contributed by atoms with Crippen molar-refractivity contribution in [2.45, 2.75) is 44.4 Å². The van der Waals surface area contributed by atoms with E-state index in [4.69, 9.17) is 14.2 Å². The highest BCUT2D eigenvalue weighted by Gasteiger charge is 2.45. The first-order valence-corrected chi connectivity index (χ1v) is 11.3. The predicted octanol–water partition coefficient (Wildman–Crippen LogP) is 4.18. The Morgan fingerprint density at radius 2 is 2.16 bits per heavy atom. The van der Waals surface area contributed by atoms with E-state index in [0.717, 1.165) is 37.1 Å². The second-order valence-corrected chi connectivity index (χ2v) is 9.09. The van der Waals surface area contributed by atoms with Crippen LogP contribution < -0.4 is 4.74 Å². The molecule has 1 saturated carbocycles. The molecule has 166 valence electrons. The molecule has 1 unspecified atom stereocenters. The zero-order valence-electron chi connectivity index (χ0n) is 18.4. The minimum absolute atomic E-state index is 0.000164. The third-order valence-electron chi connectivity index (χ3n) is 6.44. The van der Waals surface area contributed by atoms with E-state index >= 15 is 0 Å². The Balaban J connectivity index is 1.33. The number of benzene rings is 1. The molecule has 0 radical (unpaired) electrons. The minimum atomic E-state index is -0.283. The van der Waals surface area contributed by atoms with Gasteiger partial charge >= 0.3 is 0 Å². The molecule has 5 rings (SSSR count). The van der Waals surface area contributed by atoms with Gasteiger partial charge in [0.05, 0.1) is 5.41 Å². The maximum atomic E-state index is 13.0. The molecule has 2 aromatic heterocycles. The summed E-state index contributed by atoms with van der Waals surface area (Å²) in [5, 5.41) is 4.37. The van der Waals surface area contributed by atoms with Crippen molar-refractivity contribution in [3.05, 3.63) is 60.0 Å².